The first kappa shape index (κ1) is 8.55. The molecule has 3 atom stereocenters. The second kappa shape index (κ2) is 3.78. The monoisotopic (exact) mass is 167 g/mol. The minimum Gasteiger partial charge on any atom is -0.313 e. The van der Waals surface area contributed by atoms with Crippen LogP contribution in [0.25, 0.3) is 0 Å². The first-order valence-electron chi connectivity index (χ1n) is 5.63. The van der Waals surface area contributed by atoms with E-state index >= 15 is 0 Å². The molecule has 1 nitrogen and oxygen atoms in total. The van der Waals surface area contributed by atoms with Gasteiger partial charge in [0.15, 0.2) is 0 Å². The smallest absolute Gasteiger partial charge is 0.00955 e. The van der Waals surface area contributed by atoms with E-state index in [4.69, 9.17) is 0 Å². The predicted octanol–water partition coefficient (Wildman–Crippen LogP) is 2.56. The summed E-state index contributed by atoms with van der Waals surface area (Å²) >= 11 is 0. The van der Waals surface area contributed by atoms with Crippen molar-refractivity contribution in [3.05, 3.63) is 0 Å². The molecule has 70 valence electrons. The van der Waals surface area contributed by atoms with Crippen molar-refractivity contribution >= 4 is 0 Å². The largest absolute Gasteiger partial charge is 0.313 e. The third-order valence-corrected chi connectivity index (χ3v) is 3.79. The van der Waals surface area contributed by atoms with E-state index in [0.717, 1.165) is 17.9 Å². The van der Waals surface area contributed by atoms with Crippen molar-refractivity contribution in [1.29, 1.82) is 0 Å². The average molecular weight is 167 g/mol. The van der Waals surface area contributed by atoms with Crippen LogP contribution in [0.5, 0.6) is 0 Å². The zero-order chi connectivity index (χ0) is 8.39. The van der Waals surface area contributed by atoms with Crippen molar-refractivity contribution in [1.82, 2.24) is 5.32 Å². The zero-order valence-corrected chi connectivity index (χ0v) is 8.18. The van der Waals surface area contributed by atoms with Crippen LogP contribution in [0.3, 0.4) is 0 Å². The molecule has 1 N–H and O–H groups in total. The van der Waals surface area contributed by atoms with Gasteiger partial charge in [0.2, 0.25) is 0 Å². The summed E-state index contributed by atoms with van der Waals surface area (Å²) in [7, 11) is 0. The topological polar surface area (TPSA) is 12.0 Å². The highest BCUT2D eigenvalue weighted by Crippen LogP contribution is 2.33. The van der Waals surface area contributed by atoms with E-state index in [1.807, 2.05) is 0 Å². The number of hydrogen-bond acceptors (Lipinski definition) is 1. The molecule has 0 spiro atoms. The fraction of sp³-hybridized carbons (Fsp3) is 1.00. The van der Waals surface area contributed by atoms with Crippen molar-refractivity contribution < 1.29 is 0 Å². The van der Waals surface area contributed by atoms with Gasteiger partial charge in [-0.05, 0) is 37.6 Å². The highest BCUT2D eigenvalue weighted by atomic mass is 14.9. The molecule has 0 aromatic carbocycles. The average Bonchev–Trinajstić information content (AvgIpc) is 2.17. The molecule has 1 heteroatoms. The van der Waals surface area contributed by atoms with Crippen LogP contribution in [0.2, 0.25) is 0 Å². The van der Waals surface area contributed by atoms with Crippen LogP contribution >= 0.6 is 0 Å². The Hall–Kier alpha value is -0.0400. The highest BCUT2D eigenvalue weighted by Gasteiger charge is 2.30. The van der Waals surface area contributed by atoms with Crippen LogP contribution in [0, 0.1) is 11.8 Å². The maximum atomic E-state index is 3.72. The van der Waals surface area contributed by atoms with Gasteiger partial charge in [-0.15, -0.1) is 0 Å². The van der Waals surface area contributed by atoms with E-state index in [-0.39, 0.29) is 0 Å². The van der Waals surface area contributed by atoms with Gasteiger partial charge in [-0.25, -0.2) is 0 Å². The van der Waals surface area contributed by atoms with Gasteiger partial charge in [-0.3, -0.25) is 0 Å². The first-order valence-corrected chi connectivity index (χ1v) is 5.63. The minimum atomic E-state index is 0.890. The summed E-state index contributed by atoms with van der Waals surface area (Å²) in [6.45, 7) is 3.62. The Kier molecular flexibility index (Phi) is 2.69. The van der Waals surface area contributed by atoms with E-state index in [0.29, 0.717) is 0 Å². The highest BCUT2D eigenvalue weighted by molar-refractivity contribution is 4.87. The van der Waals surface area contributed by atoms with Crippen LogP contribution < -0.4 is 5.32 Å². The molecule has 0 radical (unpaired) electrons. The molecule has 0 aromatic rings. The summed E-state index contributed by atoms with van der Waals surface area (Å²) in [4.78, 5) is 0. The lowest BCUT2D eigenvalue weighted by Crippen LogP contribution is -2.46. The molecule has 2 fully saturated rings. The van der Waals surface area contributed by atoms with Crippen molar-refractivity contribution in [2.45, 2.75) is 51.5 Å². The Morgan fingerprint density at radius 3 is 2.92 bits per heavy atom. The SMILES string of the molecule is CC[C@@H]1CN[C@H]2CCCC[C@@H]2C1. The zero-order valence-electron chi connectivity index (χ0n) is 8.18. The predicted molar refractivity (Wildman–Crippen MR) is 52.1 cm³/mol. The molecule has 1 aliphatic heterocycles. The fourth-order valence-electron chi connectivity index (χ4n) is 2.90. The molecule has 1 saturated carbocycles. The number of piperidine rings is 1. The minimum absolute atomic E-state index is 0.890. The van der Waals surface area contributed by atoms with Gasteiger partial charge in [0.05, 0.1) is 0 Å². The Bertz CT molecular complexity index is 144. The van der Waals surface area contributed by atoms with Gasteiger partial charge in [0.1, 0.15) is 0 Å². The van der Waals surface area contributed by atoms with Crippen LogP contribution in [0.4, 0.5) is 0 Å². The molecule has 12 heavy (non-hydrogen) atoms. The molecule has 1 aliphatic carbocycles. The number of hydrogen-bond donors (Lipinski definition) is 1. The Morgan fingerprint density at radius 2 is 2.08 bits per heavy atom. The number of rotatable bonds is 1. The first-order chi connectivity index (χ1) is 5.90. The van der Waals surface area contributed by atoms with Gasteiger partial charge < -0.3 is 5.32 Å². The lowest BCUT2D eigenvalue weighted by Gasteiger charge is -2.40. The number of fused-ring (bicyclic) bond motifs is 1. The third-order valence-electron chi connectivity index (χ3n) is 3.79. The van der Waals surface area contributed by atoms with E-state index in [1.54, 1.807) is 0 Å². The molecule has 1 heterocycles. The standard InChI is InChI=1S/C11H21N/c1-2-9-7-10-5-3-4-6-11(10)12-8-9/h9-12H,2-8H2,1H3/t9-,10+,11-/m0/s1. The van der Waals surface area contributed by atoms with Crippen molar-refractivity contribution in [2.24, 2.45) is 11.8 Å². The second-order valence-corrected chi connectivity index (χ2v) is 4.57. The fourth-order valence-corrected chi connectivity index (χ4v) is 2.90. The van der Waals surface area contributed by atoms with Gasteiger partial charge in [0.25, 0.3) is 0 Å². The van der Waals surface area contributed by atoms with Crippen LogP contribution in [-0.4, -0.2) is 12.6 Å². The maximum Gasteiger partial charge on any atom is 0.00955 e. The van der Waals surface area contributed by atoms with E-state index in [1.165, 1.54) is 45.1 Å². The summed E-state index contributed by atoms with van der Waals surface area (Å²) in [6, 6.07) is 0.890. The lowest BCUT2D eigenvalue weighted by molar-refractivity contribution is 0.164. The normalized spacial score (nSPS) is 42.2. The number of nitrogens with one attached hydrogen (secondary N) is 1. The summed E-state index contributed by atoms with van der Waals surface area (Å²) in [5, 5.41) is 3.72. The van der Waals surface area contributed by atoms with Crippen LogP contribution in [0.15, 0.2) is 0 Å². The Balaban J connectivity index is 1.90. The summed E-state index contributed by atoms with van der Waals surface area (Å²) in [5.74, 6) is 2.00. The van der Waals surface area contributed by atoms with Gasteiger partial charge in [-0.1, -0.05) is 26.2 Å². The van der Waals surface area contributed by atoms with Crippen molar-refractivity contribution in [3.8, 4) is 0 Å². The molecule has 2 aliphatic rings. The Morgan fingerprint density at radius 1 is 1.25 bits per heavy atom. The Labute approximate surface area is 75.9 Å². The molecule has 0 aromatic heterocycles. The second-order valence-electron chi connectivity index (χ2n) is 4.57. The van der Waals surface area contributed by atoms with Crippen LogP contribution in [0.1, 0.15) is 45.4 Å². The van der Waals surface area contributed by atoms with E-state index in [2.05, 4.69) is 12.2 Å². The van der Waals surface area contributed by atoms with E-state index in [9.17, 15) is 0 Å². The van der Waals surface area contributed by atoms with Crippen LogP contribution in [-0.2, 0) is 0 Å². The van der Waals surface area contributed by atoms with E-state index < -0.39 is 0 Å². The molecule has 1 saturated heterocycles. The third kappa shape index (κ3) is 1.66. The molecular formula is C11H21N. The van der Waals surface area contributed by atoms with Gasteiger partial charge >= 0.3 is 0 Å². The summed E-state index contributed by atoms with van der Waals surface area (Å²) < 4.78 is 0. The molecule has 0 unspecified atom stereocenters. The van der Waals surface area contributed by atoms with Gasteiger partial charge in [-0.2, -0.15) is 0 Å². The molecule has 2 rings (SSSR count). The van der Waals surface area contributed by atoms with Crippen molar-refractivity contribution in [2.75, 3.05) is 6.54 Å². The summed E-state index contributed by atoms with van der Waals surface area (Å²) in [5.41, 5.74) is 0. The quantitative estimate of drug-likeness (QED) is 0.633. The van der Waals surface area contributed by atoms with Gasteiger partial charge in [0, 0.05) is 6.04 Å². The lowest BCUT2D eigenvalue weighted by atomic mass is 9.75. The molecular weight excluding hydrogens is 146 g/mol. The molecule has 0 bridgehead atoms. The summed E-state index contributed by atoms with van der Waals surface area (Å²) in [6.07, 6.45) is 8.77. The van der Waals surface area contributed by atoms with Crippen molar-refractivity contribution in [3.63, 3.8) is 0 Å². The molecule has 0 amide bonds. The maximum absolute atomic E-state index is 3.72.